The lowest BCUT2D eigenvalue weighted by molar-refractivity contribution is 0.183. The van der Waals surface area contributed by atoms with Crippen LogP contribution >= 0.6 is 11.8 Å². The van der Waals surface area contributed by atoms with Crippen molar-refractivity contribution in [2.24, 2.45) is 4.99 Å². The number of aliphatic imine (C=N–C) groups is 1. The van der Waals surface area contributed by atoms with E-state index in [-0.39, 0.29) is 0 Å². The number of hydrogen-bond donors (Lipinski definition) is 1. The molecule has 2 unspecified atom stereocenters. The van der Waals surface area contributed by atoms with E-state index < -0.39 is 0 Å². The predicted molar refractivity (Wildman–Crippen MR) is 76.3 cm³/mol. The topological polar surface area (TPSA) is 51.4 Å². The van der Waals surface area contributed by atoms with E-state index in [1.807, 2.05) is 17.1 Å². The van der Waals surface area contributed by atoms with Gasteiger partial charge in [0.1, 0.15) is 0 Å². The average Bonchev–Trinajstić information content (AvgIpc) is 2.72. The van der Waals surface area contributed by atoms with Crippen molar-refractivity contribution in [2.75, 3.05) is 19.0 Å². The highest BCUT2D eigenvalue weighted by Gasteiger charge is 2.18. The van der Waals surface area contributed by atoms with Gasteiger partial charge in [0, 0.05) is 18.6 Å². The second-order valence-electron chi connectivity index (χ2n) is 4.56. The molecule has 0 radical (unpaired) electrons. The largest absolute Gasteiger partial charge is 0.383 e. The molecule has 1 aromatic heterocycles. The number of hydrogen-bond acceptors (Lipinski definition) is 5. The van der Waals surface area contributed by atoms with Crippen LogP contribution in [-0.4, -0.2) is 40.0 Å². The lowest BCUT2D eigenvalue weighted by Crippen LogP contribution is -2.22. The lowest BCUT2D eigenvalue weighted by atomic mass is 10.2. The summed E-state index contributed by atoms with van der Waals surface area (Å²) in [4.78, 5) is 4.61. The molecule has 2 heterocycles. The second kappa shape index (κ2) is 6.24. The third-order valence-electron chi connectivity index (χ3n) is 2.73. The number of thioether (sulfide) groups is 1. The average molecular weight is 268 g/mol. The number of nitrogens with one attached hydrogen (secondary N) is 1. The summed E-state index contributed by atoms with van der Waals surface area (Å²) in [5.41, 5.74) is 0.985. The van der Waals surface area contributed by atoms with E-state index in [0.29, 0.717) is 17.9 Å². The van der Waals surface area contributed by atoms with Crippen LogP contribution in [0.25, 0.3) is 0 Å². The summed E-state index contributed by atoms with van der Waals surface area (Å²) in [5, 5.41) is 9.20. The minimum Gasteiger partial charge on any atom is -0.383 e. The molecule has 1 aromatic rings. The number of rotatable bonds is 4. The SMILES string of the molecule is COCCn1cc(NC2=NC(C)CC(C)S2)cn1. The van der Waals surface area contributed by atoms with Gasteiger partial charge in [-0.15, -0.1) is 0 Å². The molecule has 0 fully saturated rings. The molecule has 0 spiro atoms. The number of aromatic nitrogens is 2. The highest BCUT2D eigenvalue weighted by Crippen LogP contribution is 2.25. The number of ether oxygens (including phenoxy) is 1. The zero-order valence-electron chi connectivity index (χ0n) is 11.1. The van der Waals surface area contributed by atoms with Gasteiger partial charge in [-0.2, -0.15) is 5.10 Å². The van der Waals surface area contributed by atoms with E-state index in [4.69, 9.17) is 4.74 Å². The van der Waals surface area contributed by atoms with Gasteiger partial charge < -0.3 is 10.1 Å². The Labute approximate surface area is 112 Å². The lowest BCUT2D eigenvalue weighted by Gasteiger charge is -2.22. The maximum atomic E-state index is 5.02. The van der Waals surface area contributed by atoms with Crippen LogP contribution in [0.1, 0.15) is 20.3 Å². The minimum absolute atomic E-state index is 0.396. The van der Waals surface area contributed by atoms with Crippen LogP contribution in [0.5, 0.6) is 0 Å². The van der Waals surface area contributed by atoms with Crippen LogP contribution in [0, 0.1) is 0 Å². The quantitative estimate of drug-likeness (QED) is 0.909. The first-order valence-electron chi connectivity index (χ1n) is 6.20. The molecule has 1 aliphatic heterocycles. The Bertz CT molecular complexity index is 418. The van der Waals surface area contributed by atoms with Crippen LogP contribution in [0.15, 0.2) is 17.4 Å². The predicted octanol–water partition coefficient (Wildman–Crippen LogP) is 2.21. The highest BCUT2D eigenvalue weighted by molar-refractivity contribution is 8.14. The van der Waals surface area contributed by atoms with Crippen LogP contribution in [0.2, 0.25) is 0 Å². The van der Waals surface area contributed by atoms with Gasteiger partial charge >= 0.3 is 0 Å². The van der Waals surface area contributed by atoms with Gasteiger partial charge in [0.2, 0.25) is 0 Å². The van der Waals surface area contributed by atoms with Crippen molar-refractivity contribution in [2.45, 2.75) is 38.1 Å². The summed E-state index contributed by atoms with van der Waals surface area (Å²) < 4.78 is 6.89. The van der Waals surface area contributed by atoms with E-state index in [2.05, 4.69) is 29.3 Å². The summed E-state index contributed by atoms with van der Waals surface area (Å²) in [6.07, 6.45) is 4.94. The molecule has 0 amide bonds. The first-order valence-corrected chi connectivity index (χ1v) is 7.08. The summed E-state index contributed by atoms with van der Waals surface area (Å²) >= 11 is 1.79. The molecule has 100 valence electrons. The Balaban J connectivity index is 1.94. The highest BCUT2D eigenvalue weighted by atomic mass is 32.2. The number of methoxy groups -OCH3 is 1. The molecule has 0 aromatic carbocycles. The van der Waals surface area contributed by atoms with Gasteiger partial charge in [-0.3, -0.25) is 9.67 Å². The first-order chi connectivity index (χ1) is 8.67. The Morgan fingerprint density at radius 2 is 2.39 bits per heavy atom. The minimum atomic E-state index is 0.396. The van der Waals surface area contributed by atoms with Gasteiger partial charge in [0.05, 0.1) is 31.1 Å². The smallest absolute Gasteiger partial charge is 0.161 e. The molecular formula is C12H20N4OS. The molecule has 1 aliphatic rings. The van der Waals surface area contributed by atoms with Crippen LogP contribution in [0.3, 0.4) is 0 Å². The van der Waals surface area contributed by atoms with E-state index in [1.54, 1.807) is 18.9 Å². The first kappa shape index (κ1) is 13.4. The molecule has 0 bridgehead atoms. The number of amidine groups is 1. The summed E-state index contributed by atoms with van der Waals surface area (Å²) in [6.45, 7) is 5.83. The van der Waals surface area contributed by atoms with E-state index >= 15 is 0 Å². The van der Waals surface area contributed by atoms with Gasteiger partial charge in [0.25, 0.3) is 0 Å². The van der Waals surface area contributed by atoms with Crippen LogP contribution < -0.4 is 5.32 Å². The van der Waals surface area contributed by atoms with Crippen molar-refractivity contribution >= 4 is 22.6 Å². The van der Waals surface area contributed by atoms with Crippen molar-refractivity contribution in [3.8, 4) is 0 Å². The molecule has 0 saturated carbocycles. The van der Waals surface area contributed by atoms with Crippen molar-refractivity contribution in [1.29, 1.82) is 0 Å². The Hall–Kier alpha value is -1.01. The Kier molecular flexibility index (Phi) is 4.66. The number of anilines is 1. The zero-order chi connectivity index (χ0) is 13.0. The second-order valence-corrected chi connectivity index (χ2v) is 5.98. The van der Waals surface area contributed by atoms with Crippen molar-refractivity contribution < 1.29 is 4.74 Å². The van der Waals surface area contributed by atoms with E-state index in [9.17, 15) is 0 Å². The van der Waals surface area contributed by atoms with Crippen molar-refractivity contribution in [3.63, 3.8) is 0 Å². The van der Waals surface area contributed by atoms with E-state index in [0.717, 1.165) is 23.8 Å². The molecule has 6 heteroatoms. The summed E-state index contributed by atoms with van der Waals surface area (Å²) in [5.74, 6) is 0. The molecule has 5 nitrogen and oxygen atoms in total. The van der Waals surface area contributed by atoms with Gasteiger partial charge in [-0.1, -0.05) is 18.7 Å². The molecular weight excluding hydrogens is 248 g/mol. The molecule has 0 saturated heterocycles. The third-order valence-corrected chi connectivity index (χ3v) is 3.76. The maximum Gasteiger partial charge on any atom is 0.161 e. The normalized spacial score (nSPS) is 23.8. The van der Waals surface area contributed by atoms with Crippen LogP contribution in [-0.2, 0) is 11.3 Å². The summed E-state index contributed by atoms with van der Waals surface area (Å²) in [6, 6.07) is 0.396. The van der Waals surface area contributed by atoms with Gasteiger partial charge in [-0.05, 0) is 13.3 Å². The van der Waals surface area contributed by atoms with E-state index in [1.165, 1.54) is 0 Å². The van der Waals surface area contributed by atoms with Crippen molar-refractivity contribution in [1.82, 2.24) is 9.78 Å². The van der Waals surface area contributed by atoms with Gasteiger partial charge in [-0.25, -0.2) is 0 Å². The number of nitrogens with zero attached hydrogens (tertiary/aromatic N) is 3. The molecule has 2 rings (SSSR count). The fourth-order valence-electron chi connectivity index (χ4n) is 1.92. The van der Waals surface area contributed by atoms with Crippen molar-refractivity contribution in [3.05, 3.63) is 12.4 Å². The fourth-order valence-corrected chi connectivity index (χ4v) is 3.10. The standard InChI is InChI=1S/C12H20N4OS/c1-9-6-10(2)18-12(14-9)15-11-7-13-16(8-11)4-5-17-3/h7-10H,4-6H2,1-3H3,(H,14,15). The molecule has 18 heavy (non-hydrogen) atoms. The third kappa shape index (κ3) is 3.74. The zero-order valence-corrected chi connectivity index (χ0v) is 11.9. The maximum absolute atomic E-state index is 5.02. The monoisotopic (exact) mass is 268 g/mol. The summed E-state index contributed by atoms with van der Waals surface area (Å²) in [7, 11) is 1.69. The Morgan fingerprint density at radius 1 is 1.56 bits per heavy atom. The molecule has 2 atom stereocenters. The molecule has 1 N–H and O–H groups in total. The molecule has 0 aliphatic carbocycles. The van der Waals surface area contributed by atoms with Gasteiger partial charge in [0.15, 0.2) is 5.17 Å². The fraction of sp³-hybridized carbons (Fsp3) is 0.667. The van der Waals surface area contributed by atoms with Crippen LogP contribution in [0.4, 0.5) is 5.69 Å². The Morgan fingerprint density at radius 3 is 3.11 bits per heavy atom.